The lowest BCUT2D eigenvalue weighted by atomic mass is 9.98. The standard InChI is InChI=1S/C26H23NO4/c1-18(25(29)27-16-15-19-9-5-6-12-21(19)17-27)31-26(30)23-14-8-7-13-22(23)24(28)20-10-3-2-4-11-20/h2-14,18H,15-17H2,1H3/t18-/m0/s1. The van der Waals surface area contributed by atoms with Crippen molar-refractivity contribution in [2.45, 2.75) is 26.0 Å². The van der Waals surface area contributed by atoms with Crippen LogP contribution in [-0.2, 0) is 22.5 Å². The van der Waals surface area contributed by atoms with E-state index in [9.17, 15) is 14.4 Å². The molecule has 1 amide bonds. The second-order valence-corrected chi connectivity index (χ2v) is 7.57. The number of ketones is 1. The van der Waals surface area contributed by atoms with Gasteiger partial charge in [0, 0.05) is 24.2 Å². The Kier molecular flexibility index (Phi) is 5.94. The second-order valence-electron chi connectivity index (χ2n) is 7.57. The molecule has 0 bridgehead atoms. The van der Waals surface area contributed by atoms with Gasteiger partial charge in [-0.15, -0.1) is 0 Å². The molecule has 3 aromatic carbocycles. The van der Waals surface area contributed by atoms with Crippen LogP contribution in [-0.4, -0.2) is 35.2 Å². The molecule has 0 saturated carbocycles. The average Bonchev–Trinajstić information content (AvgIpc) is 2.83. The lowest BCUT2D eigenvalue weighted by Gasteiger charge is -2.30. The third-order valence-electron chi connectivity index (χ3n) is 5.50. The number of ether oxygens (including phenoxy) is 1. The molecule has 156 valence electrons. The number of hydrogen-bond acceptors (Lipinski definition) is 4. The fraction of sp³-hybridized carbons (Fsp3) is 0.192. The molecule has 0 N–H and O–H groups in total. The van der Waals surface area contributed by atoms with E-state index < -0.39 is 12.1 Å². The van der Waals surface area contributed by atoms with Crippen molar-refractivity contribution >= 4 is 17.7 Å². The zero-order valence-electron chi connectivity index (χ0n) is 17.3. The van der Waals surface area contributed by atoms with Crippen molar-refractivity contribution in [3.8, 4) is 0 Å². The van der Waals surface area contributed by atoms with Gasteiger partial charge in [0.15, 0.2) is 11.9 Å². The maximum atomic E-state index is 12.9. The van der Waals surface area contributed by atoms with Gasteiger partial charge in [-0.1, -0.05) is 72.8 Å². The van der Waals surface area contributed by atoms with Crippen molar-refractivity contribution in [1.29, 1.82) is 0 Å². The topological polar surface area (TPSA) is 63.7 Å². The fourth-order valence-electron chi connectivity index (χ4n) is 3.82. The quantitative estimate of drug-likeness (QED) is 0.468. The van der Waals surface area contributed by atoms with Crippen molar-refractivity contribution in [3.63, 3.8) is 0 Å². The molecule has 5 nitrogen and oxygen atoms in total. The number of benzene rings is 3. The first kappa shape index (κ1) is 20.5. The Bertz CT molecular complexity index is 1120. The number of nitrogens with zero attached hydrogens (tertiary/aromatic N) is 1. The van der Waals surface area contributed by atoms with Crippen molar-refractivity contribution in [2.75, 3.05) is 6.54 Å². The van der Waals surface area contributed by atoms with E-state index >= 15 is 0 Å². The molecule has 0 aromatic heterocycles. The van der Waals surface area contributed by atoms with Gasteiger partial charge in [-0.25, -0.2) is 4.79 Å². The predicted molar refractivity (Wildman–Crippen MR) is 117 cm³/mol. The molecule has 0 saturated heterocycles. The number of hydrogen-bond donors (Lipinski definition) is 0. The minimum atomic E-state index is -0.947. The summed E-state index contributed by atoms with van der Waals surface area (Å²) in [5, 5.41) is 0. The molecule has 0 radical (unpaired) electrons. The zero-order chi connectivity index (χ0) is 21.8. The van der Waals surface area contributed by atoms with E-state index in [2.05, 4.69) is 6.07 Å². The van der Waals surface area contributed by atoms with Gasteiger partial charge in [0.05, 0.1) is 5.56 Å². The molecule has 1 heterocycles. The predicted octanol–water partition coefficient (Wildman–Crippen LogP) is 4.05. The summed E-state index contributed by atoms with van der Waals surface area (Å²) in [6.07, 6.45) is -0.172. The van der Waals surface area contributed by atoms with Gasteiger partial charge < -0.3 is 9.64 Å². The van der Waals surface area contributed by atoms with Gasteiger partial charge >= 0.3 is 5.97 Å². The highest BCUT2D eigenvalue weighted by atomic mass is 16.5. The Labute approximate surface area is 181 Å². The summed E-state index contributed by atoms with van der Waals surface area (Å²) < 4.78 is 5.48. The summed E-state index contributed by atoms with van der Waals surface area (Å²) >= 11 is 0. The van der Waals surface area contributed by atoms with E-state index in [1.807, 2.05) is 24.3 Å². The molecule has 0 spiro atoms. The zero-order valence-corrected chi connectivity index (χ0v) is 17.3. The first-order valence-electron chi connectivity index (χ1n) is 10.3. The molecule has 0 fully saturated rings. The third kappa shape index (κ3) is 4.40. The van der Waals surface area contributed by atoms with Crippen LogP contribution in [0.4, 0.5) is 0 Å². The van der Waals surface area contributed by atoms with Gasteiger partial charge in [0.1, 0.15) is 0 Å². The van der Waals surface area contributed by atoms with Gasteiger partial charge in [-0.05, 0) is 30.5 Å². The van der Waals surface area contributed by atoms with Crippen LogP contribution in [0, 0.1) is 0 Å². The largest absolute Gasteiger partial charge is 0.449 e. The highest BCUT2D eigenvalue weighted by Gasteiger charge is 2.28. The van der Waals surface area contributed by atoms with Crippen LogP contribution in [0.2, 0.25) is 0 Å². The summed E-state index contributed by atoms with van der Waals surface area (Å²) in [5.74, 6) is -1.19. The van der Waals surface area contributed by atoms with E-state index in [0.717, 1.165) is 12.0 Å². The van der Waals surface area contributed by atoms with Crippen LogP contribution in [0.15, 0.2) is 78.9 Å². The molecule has 5 heteroatoms. The van der Waals surface area contributed by atoms with E-state index in [1.54, 1.807) is 60.4 Å². The Morgan fingerprint density at radius 1 is 0.806 bits per heavy atom. The molecule has 0 unspecified atom stereocenters. The average molecular weight is 413 g/mol. The minimum absolute atomic E-state index is 0.153. The number of rotatable bonds is 5. The molecule has 3 aromatic rings. The van der Waals surface area contributed by atoms with Crippen LogP contribution in [0.25, 0.3) is 0 Å². The summed E-state index contributed by atoms with van der Waals surface area (Å²) in [7, 11) is 0. The second kappa shape index (κ2) is 8.96. The van der Waals surface area contributed by atoms with Gasteiger partial charge in [0.25, 0.3) is 5.91 Å². The monoisotopic (exact) mass is 413 g/mol. The van der Waals surface area contributed by atoms with Gasteiger partial charge in [0.2, 0.25) is 0 Å². The lowest BCUT2D eigenvalue weighted by molar-refractivity contribution is -0.140. The fourth-order valence-corrected chi connectivity index (χ4v) is 3.82. The van der Waals surface area contributed by atoms with Crippen LogP contribution < -0.4 is 0 Å². The van der Waals surface area contributed by atoms with Crippen molar-refractivity contribution in [1.82, 2.24) is 4.90 Å². The smallest absolute Gasteiger partial charge is 0.339 e. The normalized spacial score (nSPS) is 13.8. The Hall–Kier alpha value is -3.73. The molecule has 1 atom stereocenters. The van der Waals surface area contributed by atoms with E-state index in [1.165, 1.54) is 5.56 Å². The number of carbonyl (C=O) groups is 3. The van der Waals surface area contributed by atoms with Crippen molar-refractivity contribution < 1.29 is 19.1 Å². The Morgan fingerprint density at radius 3 is 2.16 bits per heavy atom. The maximum Gasteiger partial charge on any atom is 0.339 e. The van der Waals surface area contributed by atoms with Crippen LogP contribution in [0.3, 0.4) is 0 Å². The highest BCUT2D eigenvalue weighted by molar-refractivity contribution is 6.14. The summed E-state index contributed by atoms with van der Waals surface area (Å²) in [5.41, 5.74) is 3.24. The van der Waals surface area contributed by atoms with Gasteiger partial charge in [-0.2, -0.15) is 0 Å². The van der Waals surface area contributed by atoms with Crippen molar-refractivity contribution in [2.24, 2.45) is 0 Å². The molecular formula is C26H23NO4. The first-order chi connectivity index (χ1) is 15.0. The molecule has 1 aliphatic heterocycles. The molecule has 0 aliphatic carbocycles. The number of amides is 1. The Morgan fingerprint density at radius 2 is 1.42 bits per heavy atom. The summed E-state index contributed by atoms with van der Waals surface area (Å²) in [6, 6.07) is 23.3. The van der Waals surface area contributed by atoms with Crippen molar-refractivity contribution in [3.05, 3.63) is 107 Å². The number of carbonyl (C=O) groups excluding carboxylic acids is 3. The maximum absolute atomic E-state index is 12.9. The number of esters is 1. The minimum Gasteiger partial charge on any atom is -0.449 e. The van der Waals surface area contributed by atoms with Crippen LogP contribution in [0.1, 0.15) is 44.3 Å². The summed E-state index contributed by atoms with van der Waals surface area (Å²) in [4.78, 5) is 40.3. The summed E-state index contributed by atoms with van der Waals surface area (Å²) in [6.45, 7) is 2.66. The molecule has 31 heavy (non-hydrogen) atoms. The first-order valence-corrected chi connectivity index (χ1v) is 10.3. The highest BCUT2D eigenvalue weighted by Crippen LogP contribution is 2.21. The van der Waals surface area contributed by atoms with Crippen LogP contribution in [0.5, 0.6) is 0 Å². The van der Waals surface area contributed by atoms with E-state index in [-0.39, 0.29) is 22.8 Å². The lowest BCUT2D eigenvalue weighted by Crippen LogP contribution is -2.42. The third-order valence-corrected chi connectivity index (χ3v) is 5.50. The van der Waals surface area contributed by atoms with E-state index in [4.69, 9.17) is 4.74 Å². The van der Waals surface area contributed by atoms with E-state index in [0.29, 0.717) is 18.7 Å². The molecule has 1 aliphatic rings. The molecule has 4 rings (SSSR count). The van der Waals surface area contributed by atoms with Gasteiger partial charge in [-0.3, -0.25) is 9.59 Å². The van der Waals surface area contributed by atoms with Crippen LogP contribution >= 0.6 is 0 Å². The Balaban J connectivity index is 1.47. The molecular weight excluding hydrogens is 390 g/mol. The number of fused-ring (bicyclic) bond motifs is 1. The SMILES string of the molecule is C[C@H](OC(=O)c1ccccc1C(=O)c1ccccc1)C(=O)N1CCc2ccccc2C1.